The van der Waals surface area contributed by atoms with Gasteiger partial charge in [-0.3, -0.25) is 9.59 Å². The van der Waals surface area contributed by atoms with Gasteiger partial charge >= 0.3 is 5.79 Å². The molecule has 25 heavy (non-hydrogen) atoms. The summed E-state index contributed by atoms with van der Waals surface area (Å²) in [6.45, 7) is 0. The van der Waals surface area contributed by atoms with Crippen LogP contribution in [0.25, 0.3) is 11.1 Å². The molecule has 1 spiro atoms. The zero-order chi connectivity index (χ0) is 17.0. The van der Waals surface area contributed by atoms with Gasteiger partial charge < -0.3 is 9.47 Å². The number of hydrogen-bond donors (Lipinski definition) is 0. The highest BCUT2D eigenvalue weighted by Gasteiger charge is 2.59. The second-order valence-corrected chi connectivity index (χ2v) is 6.02. The van der Waals surface area contributed by atoms with Crippen molar-refractivity contribution in [3.8, 4) is 22.6 Å². The predicted octanol–water partition coefficient (Wildman–Crippen LogP) is 3.90. The summed E-state index contributed by atoms with van der Waals surface area (Å²) in [5.41, 5.74) is 2.21. The first-order chi connectivity index (χ1) is 12.2. The van der Waals surface area contributed by atoms with Crippen LogP contribution in [0.4, 0.5) is 0 Å². The number of hydrogen-bond acceptors (Lipinski definition) is 4. The smallest absolute Gasteiger partial charge is 0.383 e. The highest BCUT2D eigenvalue weighted by atomic mass is 16.7. The van der Waals surface area contributed by atoms with E-state index in [0.29, 0.717) is 22.6 Å². The SMILES string of the molecule is O=C1c2ccccc2C(=O)C12Oc1ccccc1-c1ccccc1O2. The van der Waals surface area contributed by atoms with Crippen molar-refractivity contribution in [2.45, 2.75) is 5.79 Å². The molecule has 2 aliphatic rings. The molecule has 4 nitrogen and oxygen atoms in total. The second-order valence-electron chi connectivity index (χ2n) is 6.02. The van der Waals surface area contributed by atoms with Crippen LogP contribution < -0.4 is 9.47 Å². The molecule has 4 heteroatoms. The number of ketones is 2. The molecule has 0 amide bonds. The molecule has 120 valence electrons. The summed E-state index contributed by atoms with van der Waals surface area (Å²) >= 11 is 0. The minimum Gasteiger partial charge on any atom is -0.439 e. The molecule has 3 aromatic carbocycles. The van der Waals surface area contributed by atoms with E-state index in [2.05, 4.69) is 0 Å². The van der Waals surface area contributed by atoms with Crippen LogP contribution in [-0.2, 0) is 0 Å². The number of carbonyl (C=O) groups excluding carboxylic acids is 2. The lowest BCUT2D eigenvalue weighted by molar-refractivity contribution is -0.0485. The molecule has 0 fully saturated rings. The maximum Gasteiger partial charge on any atom is 0.383 e. The van der Waals surface area contributed by atoms with Crippen molar-refractivity contribution in [2.24, 2.45) is 0 Å². The van der Waals surface area contributed by atoms with Crippen LogP contribution in [0.5, 0.6) is 11.5 Å². The van der Waals surface area contributed by atoms with E-state index in [9.17, 15) is 9.59 Å². The molecule has 0 radical (unpaired) electrons. The van der Waals surface area contributed by atoms with Gasteiger partial charge in [0.1, 0.15) is 11.5 Å². The van der Waals surface area contributed by atoms with Gasteiger partial charge in [0, 0.05) is 22.3 Å². The fraction of sp³-hybridized carbons (Fsp3) is 0.0476. The van der Waals surface area contributed by atoms with Crippen molar-refractivity contribution in [1.29, 1.82) is 0 Å². The highest BCUT2D eigenvalue weighted by Crippen LogP contribution is 2.45. The van der Waals surface area contributed by atoms with E-state index in [4.69, 9.17) is 9.47 Å². The fourth-order valence-corrected chi connectivity index (χ4v) is 3.41. The van der Waals surface area contributed by atoms with Crippen LogP contribution in [0, 0.1) is 0 Å². The third kappa shape index (κ3) is 1.76. The van der Waals surface area contributed by atoms with Gasteiger partial charge in [-0.05, 0) is 12.1 Å². The number of carbonyl (C=O) groups is 2. The van der Waals surface area contributed by atoms with E-state index >= 15 is 0 Å². The Morgan fingerprint density at radius 2 is 0.880 bits per heavy atom. The van der Waals surface area contributed by atoms with Gasteiger partial charge in [0.25, 0.3) is 11.6 Å². The molecule has 0 saturated heterocycles. The average molecular weight is 328 g/mol. The first-order valence-electron chi connectivity index (χ1n) is 7.96. The van der Waals surface area contributed by atoms with Crippen LogP contribution >= 0.6 is 0 Å². The molecular formula is C21H12O4. The van der Waals surface area contributed by atoms with Crippen molar-refractivity contribution < 1.29 is 19.1 Å². The highest BCUT2D eigenvalue weighted by molar-refractivity contribution is 6.31. The van der Waals surface area contributed by atoms with Crippen molar-refractivity contribution in [2.75, 3.05) is 0 Å². The number of fused-ring (bicyclic) bond motifs is 4. The number of Topliss-reactive ketones (excluding diaryl/α,β-unsaturated/α-hetero) is 2. The van der Waals surface area contributed by atoms with Gasteiger partial charge in [0.05, 0.1) is 0 Å². The Hall–Kier alpha value is -3.40. The minimum absolute atomic E-state index is 0.323. The molecule has 1 aliphatic heterocycles. The maximum atomic E-state index is 13.1. The lowest BCUT2D eigenvalue weighted by Crippen LogP contribution is -2.52. The van der Waals surface area contributed by atoms with E-state index in [0.717, 1.165) is 11.1 Å². The quantitative estimate of drug-likeness (QED) is 0.587. The van der Waals surface area contributed by atoms with Gasteiger partial charge in [-0.25, -0.2) is 0 Å². The Labute approximate surface area is 143 Å². The van der Waals surface area contributed by atoms with Gasteiger partial charge in [-0.1, -0.05) is 60.7 Å². The molecular weight excluding hydrogens is 316 g/mol. The molecule has 5 rings (SSSR count). The molecule has 0 N–H and O–H groups in total. The standard InChI is InChI=1S/C21H12O4/c22-19-15-9-1-2-10-16(15)20(23)21(19)24-17-11-5-3-7-13(17)14-8-4-6-12-18(14)25-21/h1-12H. The molecule has 1 aliphatic carbocycles. The summed E-state index contributed by atoms with van der Waals surface area (Å²) in [7, 11) is 0. The third-order valence-electron chi connectivity index (χ3n) is 4.59. The Bertz CT molecular complexity index is 967. The Balaban J connectivity index is 1.79. The summed E-state index contributed by atoms with van der Waals surface area (Å²) in [6.07, 6.45) is 0. The van der Waals surface area contributed by atoms with Crippen molar-refractivity contribution in [1.82, 2.24) is 0 Å². The summed E-state index contributed by atoms with van der Waals surface area (Å²) in [5, 5.41) is 0. The monoisotopic (exact) mass is 328 g/mol. The van der Waals surface area contributed by atoms with Gasteiger partial charge in [-0.2, -0.15) is 0 Å². The van der Waals surface area contributed by atoms with Crippen LogP contribution in [0.15, 0.2) is 72.8 Å². The lowest BCUT2D eigenvalue weighted by atomic mass is 10.0. The summed E-state index contributed by atoms with van der Waals surface area (Å²) < 4.78 is 11.9. The Morgan fingerprint density at radius 1 is 0.520 bits per heavy atom. The Kier molecular flexibility index (Phi) is 2.69. The molecule has 0 bridgehead atoms. The van der Waals surface area contributed by atoms with Crippen molar-refractivity contribution >= 4 is 11.6 Å². The van der Waals surface area contributed by atoms with Gasteiger partial charge in [-0.15, -0.1) is 0 Å². The Morgan fingerprint density at radius 3 is 1.32 bits per heavy atom. The van der Waals surface area contributed by atoms with E-state index in [-0.39, 0.29) is 0 Å². The zero-order valence-corrected chi connectivity index (χ0v) is 13.1. The molecule has 3 aromatic rings. The average Bonchev–Trinajstić information content (AvgIpc) is 2.79. The third-order valence-corrected chi connectivity index (χ3v) is 4.59. The van der Waals surface area contributed by atoms with Crippen molar-refractivity contribution in [3.05, 3.63) is 83.9 Å². The number of para-hydroxylation sites is 2. The first kappa shape index (κ1) is 14.0. The number of rotatable bonds is 0. The number of benzene rings is 3. The topological polar surface area (TPSA) is 52.6 Å². The van der Waals surface area contributed by atoms with Crippen molar-refractivity contribution in [3.63, 3.8) is 0 Å². The van der Waals surface area contributed by atoms with Gasteiger partial charge in [0.15, 0.2) is 0 Å². The summed E-state index contributed by atoms with van der Waals surface area (Å²) in [5.74, 6) is -2.06. The first-order valence-corrected chi connectivity index (χ1v) is 7.96. The van der Waals surface area contributed by atoms with E-state index in [1.54, 1.807) is 48.5 Å². The number of ether oxygens (including phenoxy) is 2. The summed E-state index contributed by atoms with van der Waals surface area (Å²) in [4.78, 5) is 26.2. The maximum absolute atomic E-state index is 13.1. The molecule has 0 saturated carbocycles. The molecule has 0 atom stereocenters. The summed E-state index contributed by atoms with van der Waals surface area (Å²) in [6, 6.07) is 21.3. The van der Waals surface area contributed by atoms with E-state index < -0.39 is 17.4 Å². The van der Waals surface area contributed by atoms with Crippen LogP contribution in [0.2, 0.25) is 0 Å². The van der Waals surface area contributed by atoms with Gasteiger partial charge in [0.2, 0.25) is 0 Å². The second kappa shape index (κ2) is 4.80. The fourth-order valence-electron chi connectivity index (χ4n) is 3.41. The zero-order valence-electron chi connectivity index (χ0n) is 13.1. The van der Waals surface area contributed by atoms with Crippen LogP contribution in [0.3, 0.4) is 0 Å². The molecule has 1 heterocycles. The minimum atomic E-state index is -2.01. The molecule has 0 unspecified atom stereocenters. The molecule has 0 aromatic heterocycles. The van der Waals surface area contributed by atoms with Crippen LogP contribution in [0.1, 0.15) is 20.7 Å². The lowest BCUT2D eigenvalue weighted by Gasteiger charge is -2.26. The van der Waals surface area contributed by atoms with E-state index in [1.807, 2.05) is 24.3 Å². The predicted molar refractivity (Wildman–Crippen MR) is 91.0 cm³/mol. The van der Waals surface area contributed by atoms with Crippen LogP contribution in [-0.4, -0.2) is 17.4 Å². The largest absolute Gasteiger partial charge is 0.439 e. The van der Waals surface area contributed by atoms with E-state index in [1.165, 1.54) is 0 Å². The normalized spacial score (nSPS) is 16.3.